The maximum atomic E-state index is 14.0. The maximum absolute atomic E-state index is 14.0. The molecule has 1 heterocycles. The second kappa shape index (κ2) is 5.50. The summed E-state index contributed by atoms with van der Waals surface area (Å²) in [6.45, 7) is 4.32. The molecule has 17 heavy (non-hydrogen) atoms. The van der Waals surface area contributed by atoms with Gasteiger partial charge >= 0.3 is 0 Å². The van der Waals surface area contributed by atoms with Gasteiger partial charge in [0.2, 0.25) is 0 Å². The molecule has 0 saturated carbocycles. The molecule has 2 unspecified atom stereocenters. The van der Waals surface area contributed by atoms with Crippen LogP contribution >= 0.6 is 0 Å². The van der Waals surface area contributed by atoms with E-state index in [1.54, 1.807) is 6.07 Å². The lowest BCUT2D eigenvalue weighted by atomic mass is 9.83. The smallest absolute Gasteiger partial charge is 0.168 e. The van der Waals surface area contributed by atoms with Crippen molar-refractivity contribution >= 4 is 0 Å². The molecule has 1 fully saturated rings. The summed E-state index contributed by atoms with van der Waals surface area (Å²) in [6.07, 6.45) is 1.97. The lowest BCUT2D eigenvalue weighted by molar-refractivity contribution is 0.269. The first-order valence-corrected chi connectivity index (χ1v) is 6.24. The molecule has 0 amide bonds. The molecule has 2 rings (SSSR count). The van der Waals surface area contributed by atoms with Crippen LogP contribution in [0, 0.1) is 17.7 Å². The highest BCUT2D eigenvalue weighted by atomic mass is 19.1. The molecule has 0 aliphatic carbocycles. The molecular formula is C14H20FNO. The van der Waals surface area contributed by atoms with Gasteiger partial charge in [0.05, 0.1) is 7.11 Å². The monoisotopic (exact) mass is 237 g/mol. The Morgan fingerprint density at radius 2 is 2.29 bits per heavy atom. The van der Waals surface area contributed by atoms with Gasteiger partial charge in [-0.3, -0.25) is 0 Å². The molecule has 0 radical (unpaired) electrons. The van der Waals surface area contributed by atoms with Gasteiger partial charge < -0.3 is 10.1 Å². The van der Waals surface area contributed by atoms with Crippen LogP contribution in [0.2, 0.25) is 0 Å². The van der Waals surface area contributed by atoms with E-state index >= 15 is 0 Å². The van der Waals surface area contributed by atoms with Crippen LogP contribution in [-0.2, 0) is 6.42 Å². The third-order valence-electron chi connectivity index (χ3n) is 3.73. The molecule has 1 aromatic carbocycles. The van der Waals surface area contributed by atoms with E-state index < -0.39 is 0 Å². The summed E-state index contributed by atoms with van der Waals surface area (Å²) < 4.78 is 19.0. The van der Waals surface area contributed by atoms with E-state index in [-0.39, 0.29) is 5.82 Å². The predicted octanol–water partition coefficient (Wildman–Crippen LogP) is 2.62. The Hall–Kier alpha value is -1.09. The molecule has 0 bridgehead atoms. The van der Waals surface area contributed by atoms with Crippen LogP contribution in [0.3, 0.4) is 0 Å². The molecule has 1 N–H and O–H groups in total. The molecule has 1 aromatic rings. The van der Waals surface area contributed by atoms with Crippen molar-refractivity contribution in [3.05, 3.63) is 29.6 Å². The van der Waals surface area contributed by atoms with Crippen molar-refractivity contribution in [3.63, 3.8) is 0 Å². The number of nitrogens with one attached hydrogen (secondary N) is 1. The van der Waals surface area contributed by atoms with Crippen LogP contribution in [0.4, 0.5) is 4.39 Å². The van der Waals surface area contributed by atoms with Gasteiger partial charge in [0, 0.05) is 0 Å². The predicted molar refractivity (Wildman–Crippen MR) is 66.8 cm³/mol. The molecule has 3 heteroatoms. The first-order chi connectivity index (χ1) is 8.22. The molecule has 0 spiro atoms. The fourth-order valence-electron chi connectivity index (χ4n) is 2.48. The van der Waals surface area contributed by atoms with Crippen LogP contribution < -0.4 is 10.1 Å². The van der Waals surface area contributed by atoms with E-state index in [0.29, 0.717) is 17.6 Å². The van der Waals surface area contributed by atoms with Crippen molar-refractivity contribution in [2.75, 3.05) is 20.2 Å². The number of methoxy groups -OCH3 is 1. The molecule has 1 aliphatic rings. The van der Waals surface area contributed by atoms with Gasteiger partial charge in [-0.05, 0) is 49.4 Å². The minimum Gasteiger partial charge on any atom is -0.494 e. The number of benzene rings is 1. The number of ether oxygens (including phenoxy) is 1. The molecular weight excluding hydrogens is 217 g/mol. The fourth-order valence-corrected chi connectivity index (χ4v) is 2.48. The Balaban J connectivity index is 2.12. The minimum absolute atomic E-state index is 0.201. The largest absolute Gasteiger partial charge is 0.494 e. The van der Waals surface area contributed by atoms with Crippen LogP contribution in [0.25, 0.3) is 0 Å². The Labute approximate surface area is 102 Å². The number of hydrogen-bond acceptors (Lipinski definition) is 2. The maximum Gasteiger partial charge on any atom is 0.168 e. The number of rotatable bonds is 3. The Bertz CT molecular complexity index is 380. The van der Waals surface area contributed by atoms with Gasteiger partial charge in [-0.25, -0.2) is 4.39 Å². The van der Waals surface area contributed by atoms with E-state index in [1.807, 2.05) is 12.1 Å². The van der Waals surface area contributed by atoms with Crippen molar-refractivity contribution in [2.45, 2.75) is 19.8 Å². The first kappa shape index (κ1) is 12.4. The lowest BCUT2D eigenvalue weighted by Gasteiger charge is -2.29. The van der Waals surface area contributed by atoms with Crippen molar-refractivity contribution in [2.24, 2.45) is 11.8 Å². The van der Waals surface area contributed by atoms with Crippen LogP contribution in [0.1, 0.15) is 18.9 Å². The van der Waals surface area contributed by atoms with E-state index in [1.165, 1.54) is 13.5 Å². The van der Waals surface area contributed by atoms with Crippen molar-refractivity contribution in [1.82, 2.24) is 5.32 Å². The number of piperidine rings is 1. The van der Waals surface area contributed by atoms with Crippen molar-refractivity contribution in [1.29, 1.82) is 0 Å². The first-order valence-electron chi connectivity index (χ1n) is 6.24. The highest BCUT2D eigenvalue weighted by molar-refractivity contribution is 5.31. The molecule has 2 atom stereocenters. The molecule has 1 aliphatic heterocycles. The number of halogens is 1. The third kappa shape index (κ3) is 2.78. The summed E-state index contributed by atoms with van der Waals surface area (Å²) in [5.74, 6) is 1.32. The average Bonchev–Trinajstić information content (AvgIpc) is 2.34. The Morgan fingerprint density at radius 3 is 3.00 bits per heavy atom. The van der Waals surface area contributed by atoms with Gasteiger partial charge in [0.15, 0.2) is 11.6 Å². The summed E-state index contributed by atoms with van der Waals surface area (Å²) in [5.41, 5.74) is 0.768. The van der Waals surface area contributed by atoms with E-state index in [0.717, 1.165) is 25.1 Å². The van der Waals surface area contributed by atoms with E-state index in [2.05, 4.69) is 12.2 Å². The van der Waals surface area contributed by atoms with Gasteiger partial charge in [-0.1, -0.05) is 19.1 Å². The summed E-state index contributed by atoms with van der Waals surface area (Å²) in [4.78, 5) is 0. The van der Waals surface area contributed by atoms with Crippen molar-refractivity contribution in [3.8, 4) is 5.75 Å². The minimum atomic E-state index is -0.201. The molecule has 2 nitrogen and oxygen atoms in total. The zero-order valence-electron chi connectivity index (χ0n) is 10.5. The van der Waals surface area contributed by atoms with Crippen LogP contribution in [0.15, 0.2) is 18.2 Å². The molecule has 0 aromatic heterocycles. The van der Waals surface area contributed by atoms with Crippen LogP contribution in [-0.4, -0.2) is 20.2 Å². The summed E-state index contributed by atoms with van der Waals surface area (Å²) in [6, 6.07) is 5.39. The van der Waals surface area contributed by atoms with E-state index in [9.17, 15) is 4.39 Å². The normalized spacial score (nSPS) is 24.6. The summed E-state index contributed by atoms with van der Waals surface area (Å²) in [5, 5.41) is 3.38. The van der Waals surface area contributed by atoms with Crippen molar-refractivity contribution < 1.29 is 9.13 Å². The average molecular weight is 237 g/mol. The summed E-state index contributed by atoms with van der Waals surface area (Å²) >= 11 is 0. The Morgan fingerprint density at radius 1 is 1.47 bits per heavy atom. The van der Waals surface area contributed by atoms with Gasteiger partial charge in [-0.2, -0.15) is 0 Å². The number of hydrogen-bond donors (Lipinski definition) is 1. The zero-order chi connectivity index (χ0) is 12.3. The molecule has 1 saturated heterocycles. The zero-order valence-corrected chi connectivity index (χ0v) is 10.5. The summed E-state index contributed by atoms with van der Waals surface area (Å²) in [7, 11) is 1.51. The fraction of sp³-hybridized carbons (Fsp3) is 0.571. The van der Waals surface area contributed by atoms with Gasteiger partial charge in [0.1, 0.15) is 0 Å². The van der Waals surface area contributed by atoms with E-state index in [4.69, 9.17) is 4.74 Å². The topological polar surface area (TPSA) is 21.3 Å². The second-order valence-corrected chi connectivity index (χ2v) is 4.87. The van der Waals surface area contributed by atoms with Gasteiger partial charge in [0.25, 0.3) is 0 Å². The highest BCUT2D eigenvalue weighted by Gasteiger charge is 2.22. The van der Waals surface area contributed by atoms with Gasteiger partial charge in [-0.15, -0.1) is 0 Å². The lowest BCUT2D eigenvalue weighted by Crippen LogP contribution is -2.36. The van der Waals surface area contributed by atoms with Crippen LogP contribution in [0.5, 0.6) is 5.75 Å². The Kier molecular flexibility index (Phi) is 4.00. The molecule has 94 valence electrons. The second-order valence-electron chi connectivity index (χ2n) is 4.87. The SMILES string of the molecule is COc1cccc(CC2CNCCC2C)c1F. The third-order valence-corrected chi connectivity index (χ3v) is 3.73. The standard InChI is InChI=1S/C14H20FNO/c1-10-6-7-16-9-12(10)8-11-4-3-5-13(17-2)14(11)15/h3-5,10,12,16H,6-9H2,1-2H3. The quantitative estimate of drug-likeness (QED) is 0.872. The highest BCUT2D eigenvalue weighted by Crippen LogP contribution is 2.27.